The average molecular weight is 582 g/mol. The molecule has 3 aliphatic rings. The Bertz CT molecular complexity index is 1580. The van der Waals surface area contributed by atoms with Crippen molar-refractivity contribution in [2.24, 2.45) is 0 Å². The Hall–Kier alpha value is -3.22. The summed E-state index contributed by atoms with van der Waals surface area (Å²) in [7, 11) is 0. The van der Waals surface area contributed by atoms with E-state index in [0.717, 1.165) is 55.9 Å². The zero-order chi connectivity index (χ0) is 28.8. The molecule has 6 nitrogen and oxygen atoms in total. The lowest BCUT2D eigenvalue weighted by molar-refractivity contribution is 0.0607. The molecule has 0 unspecified atom stereocenters. The van der Waals surface area contributed by atoms with Crippen molar-refractivity contribution in [2.45, 2.75) is 82.3 Å². The SMILES string of the molecule is Cc1ccc(C(=O)N2CCC(CCN3[C@@H]4CC[C@H]3C[C@@H](n3c(C)nc5ccccc53)C4)(c3ccccc3)CC2)c(Cl)n1. The number of pyridine rings is 1. The summed E-state index contributed by atoms with van der Waals surface area (Å²) >= 11 is 6.38. The van der Waals surface area contributed by atoms with Gasteiger partial charge in [-0.3, -0.25) is 9.69 Å². The minimum absolute atomic E-state index is 0.00315. The molecule has 0 saturated carbocycles. The van der Waals surface area contributed by atoms with Crippen LogP contribution in [0.25, 0.3) is 11.0 Å². The summed E-state index contributed by atoms with van der Waals surface area (Å²) < 4.78 is 2.52. The molecular weight excluding hydrogens is 542 g/mol. The number of para-hydroxylation sites is 2. The molecule has 2 aromatic heterocycles. The van der Waals surface area contributed by atoms with Crippen LogP contribution in [0.1, 0.15) is 78.4 Å². The number of hydrogen-bond acceptors (Lipinski definition) is 4. The van der Waals surface area contributed by atoms with Gasteiger partial charge >= 0.3 is 0 Å². The summed E-state index contributed by atoms with van der Waals surface area (Å²) in [6.45, 7) is 6.64. The molecule has 42 heavy (non-hydrogen) atoms. The number of halogens is 1. The van der Waals surface area contributed by atoms with E-state index in [1.807, 2.05) is 24.0 Å². The molecule has 3 saturated heterocycles. The number of nitrogens with zero attached hydrogens (tertiary/aromatic N) is 5. The number of piperidine rings is 2. The summed E-state index contributed by atoms with van der Waals surface area (Å²) in [5, 5.41) is 0.303. The Morgan fingerprint density at radius 2 is 1.57 bits per heavy atom. The molecule has 7 rings (SSSR count). The number of aryl methyl sites for hydroxylation is 2. The van der Waals surface area contributed by atoms with Crippen LogP contribution in [0.2, 0.25) is 5.15 Å². The van der Waals surface area contributed by atoms with Gasteiger partial charge in [0.1, 0.15) is 11.0 Å². The highest BCUT2D eigenvalue weighted by molar-refractivity contribution is 6.32. The lowest BCUT2D eigenvalue weighted by Crippen LogP contribution is -2.49. The average Bonchev–Trinajstić information content (AvgIpc) is 3.46. The van der Waals surface area contributed by atoms with Gasteiger partial charge in [0.05, 0.1) is 16.6 Å². The van der Waals surface area contributed by atoms with Gasteiger partial charge in [-0.1, -0.05) is 54.1 Å². The van der Waals surface area contributed by atoms with Gasteiger partial charge in [0, 0.05) is 36.9 Å². The van der Waals surface area contributed by atoms with E-state index in [4.69, 9.17) is 16.6 Å². The van der Waals surface area contributed by atoms with Crippen LogP contribution in [0.4, 0.5) is 0 Å². The van der Waals surface area contributed by atoms with Crippen molar-refractivity contribution in [1.29, 1.82) is 0 Å². The first-order valence-electron chi connectivity index (χ1n) is 15.6. The van der Waals surface area contributed by atoms with Crippen molar-refractivity contribution in [3.63, 3.8) is 0 Å². The van der Waals surface area contributed by atoms with Crippen molar-refractivity contribution in [1.82, 2.24) is 24.3 Å². The van der Waals surface area contributed by atoms with Crippen LogP contribution in [0.5, 0.6) is 0 Å². The molecule has 218 valence electrons. The van der Waals surface area contributed by atoms with Gasteiger partial charge in [0.15, 0.2) is 0 Å². The number of fused-ring (bicyclic) bond motifs is 3. The van der Waals surface area contributed by atoms with Gasteiger partial charge in [0.25, 0.3) is 5.91 Å². The molecule has 3 atom stereocenters. The lowest BCUT2D eigenvalue weighted by atomic mass is 9.70. The van der Waals surface area contributed by atoms with E-state index in [1.54, 1.807) is 0 Å². The van der Waals surface area contributed by atoms with Crippen molar-refractivity contribution in [3.8, 4) is 0 Å². The zero-order valence-electron chi connectivity index (χ0n) is 24.7. The smallest absolute Gasteiger partial charge is 0.256 e. The minimum Gasteiger partial charge on any atom is -0.338 e. The van der Waals surface area contributed by atoms with Crippen LogP contribution in [0, 0.1) is 13.8 Å². The van der Waals surface area contributed by atoms with E-state index < -0.39 is 0 Å². The number of carbonyl (C=O) groups excluding carboxylic acids is 1. The van der Waals surface area contributed by atoms with Crippen molar-refractivity contribution in [3.05, 3.63) is 94.5 Å². The van der Waals surface area contributed by atoms with Crippen LogP contribution in [0.3, 0.4) is 0 Å². The lowest BCUT2D eigenvalue weighted by Gasteiger charge is -2.45. The zero-order valence-corrected chi connectivity index (χ0v) is 25.4. The fraction of sp³-hybridized carbons (Fsp3) is 0.457. The molecule has 2 aromatic carbocycles. The summed E-state index contributed by atoms with van der Waals surface area (Å²) in [5.74, 6) is 1.14. The fourth-order valence-corrected chi connectivity index (χ4v) is 8.53. The maximum absolute atomic E-state index is 13.4. The highest BCUT2D eigenvalue weighted by Crippen LogP contribution is 2.45. The van der Waals surface area contributed by atoms with Gasteiger partial charge < -0.3 is 9.47 Å². The first-order valence-corrected chi connectivity index (χ1v) is 16.0. The largest absolute Gasteiger partial charge is 0.338 e. The molecule has 0 aliphatic carbocycles. The maximum atomic E-state index is 13.4. The summed E-state index contributed by atoms with van der Waals surface area (Å²) in [6, 6.07) is 25.1. The predicted octanol–water partition coefficient (Wildman–Crippen LogP) is 7.13. The third-order valence-electron chi connectivity index (χ3n) is 10.5. The Balaban J connectivity index is 1.06. The van der Waals surface area contributed by atoms with Gasteiger partial charge in [0.2, 0.25) is 0 Å². The monoisotopic (exact) mass is 581 g/mol. The van der Waals surface area contributed by atoms with E-state index in [-0.39, 0.29) is 11.3 Å². The topological polar surface area (TPSA) is 54.3 Å². The molecule has 4 aromatic rings. The number of amides is 1. The number of rotatable bonds is 6. The van der Waals surface area contributed by atoms with Gasteiger partial charge in [-0.25, -0.2) is 9.97 Å². The van der Waals surface area contributed by atoms with Gasteiger partial charge in [-0.05, 0) is 101 Å². The third kappa shape index (κ3) is 4.92. The Morgan fingerprint density at radius 1 is 0.881 bits per heavy atom. The number of benzene rings is 2. The van der Waals surface area contributed by atoms with Crippen LogP contribution < -0.4 is 0 Å². The number of likely N-dealkylation sites (tertiary alicyclic amines) is 1. The third-order valence-corrected chi connectivity index (χ3v) is 10.7. The Labute approximate surface area is 253 Å². The second-order valence-corrected chi connectivity index (χ2v) is 13.1. The molecule has 0 N–H and O–H groups in total. The second-order valence-electron chi connectivity index (χ2n) is 12.7. The number of aromatic nitrogens is 3. The Kier molecular flexibility index (Phi) is 7.31. The standard InChI is InChI=1S/C35H40ClN5O/c1-24-12-15-30(33(36)37-24)34(42)39-19-16-35(17-20-39,26-8-4-3-5-9-26)18-21-40-27-13-14-28(40)23-29(22-27)41-25(2)38-31-10-6-7-11-32(31)41/h3-12,15,27-29H,13-14,16-23H2,1-2H3/t27-,28+,29+. The molecule has 7 heteroatoms. The van der Waals surface area contributed by atoms with Crippen LogP contribution in [-0.4, -0.2) is 62.0 Å². The normalized spacial score (nSPS) is 23.9. The van der Waals surface area contributed by atoms with Crippen LogP contribution >= 0.6 is 11.6 Å². The summed E-state index contributed by atoms with van der Waals surface area (Å²) in [6.07, 6.45) is 8.03. The molecule has 5 heterocycles. The van der Waals surface area contributed by atoms with Crippen LogP contribution in [-0.2, 0) is 5.41 Å². The molecule has 2 bridgehead atoms. The number of imidazole rings is 1. The molecular formula is C35H40ClN5O. The molecule has 3 fully saturated rings. The fourth-order valence-electron chi connectivity index (χ4n) is 8.26. The summed E-state index contributed by atoms with van der Waals surface area (Å²) in [5.41, 5.74) is 5.20. The first-order chi connectivity index (χ1) is 20.4. The molecule has 0 spiro atoms. The predicted molar refractivity (Wildman–Crippen MR) is 168 cm³/mol. The highest BCUT2D eigenvalue weighted by Gasteiger charge is 2.44. The van der Waals surface area contributed by atoms with E-state index >= 15 is 0 Å². The highest BCUT2D eigenvalue weighted by atomic mass is 35.5. The minimum atomic E-state index is -0.00315. The second kappa shape index (κ2) is 11.1. The molecule has 3 aliphatic heterocycles. The molecule has 0 radical (unpaired) electrons. The number of hydrogen-bond donors (Lipinski definition) is 0. The van der Waals surface area contributed by atoms with E-state index in [0.29, 0.717) is 28.8 Å². The van der Waals surface area contributed by atoms with E-state index in [2.05, 4.69) is 76.0 Å². The van der Waals surface area contributed by atoms with Gasteiger partial charge in [-0.2, -0.15) is 0 Å². The summed E-state index contributed by atoms with van der Waals surface area (Å²) in [4.78, 5) is 27.4. The van der Waals surface area contributed by atoms with Crippen molar-refractivity contribution >= 4 is 28.5 Å². The van der Waals surface area contributed by atoms with Crippen molar-refractivity contribution < 1.29 is 4.79 Å². The van der Waals surface area contributed by atoms with Gasteiger partial charge in [-0.15, -0.1) is 0 Å². The maximum Gasteiger partial charge on any atom is 0.256 e. The first kappa shape index (κ1) is 27.6. The van der Waals surface area contributed by atoms with E-state index in [9.17, 15) is 4.79 Å². The molecule has 1 amide bonds. The van der Waals surface area contributed by atoms with Crippen LogP contribution in [0.15, 0.2) is 66.7 Å². The van der Waals surface area contributed by atoms with Crippen molar-refractivity contribution in [2.75, 3.05) is 19.6 Å². The quantitative estimate of drug-likeness (QED) is 0.227. The number of carbonyl (C=O) groups is 1. The van der Waals surface area contributed by atoms with E-state index in [1.165, 1.54) is 36.8 Å². The Morgan fingerprint density at radius 3 is 2.29 bits per heavy atom.